The molecule has 2 aliphatic rings. The van der Waals surface area contributed by atoms with Crippen LogP contribution in [0.3, 0.4) is 0 Å². The highest BCUT2D eigenvalue weighted by atomic mass is 32.2. The summed E-state index contributed by atoms with van der Waals surface area (Å²) in [6.45, 7) is 5.91. The number of piperazine rings is 1. The molecule has 2 fully saturated rings. The molecule has 1 saturated carbocycles. The van der Waals surface area contributed by atoms with Crippen LogP contribution < -0.4 is 4.90 Å². The maximum absolute atomic E-state index is 13.0. The fraction of sp³-hybridized carbons (Fsp3) is 0.619. The van der Waals surface area contributed by atoms with Crippen LogP contribution in [0.15, 0.2) is 24.3 Å². The van der Waals surface area contributed by atoms with Crippen LogP contribution in [0.4, 0.5) is 5.13 Å². The minimum atomic E-state index is -3.19. The average Bonchev–Trinajstić information content (AvgIpc) is 3.18. The molecule has 2 aromatic rings. The molecule has 8 heteroatoms. The summed E-state index contributed by atoms with van der Waals surface area (Å²) in [5.41, 5.74) is 2.45. The van der Waals surface area contributed by atoms with E-state index in [0.717, 1.165) is 49.5 Å². The number of anilines is 1. The Labute approximate surface area is 178 Å². The van der Waals surface area contributed by atoms with E-state index in [0.29, 0.717) is 19.6 Å². The summed E-state index contributed by atoms with van der Waals surface area (Å²) in [4.78, 5) is 6.96. The quantitative estimate of drug-likeness (QED) is 0.719. The Morgan fingerprint density at radius 3 is 2.52 bits per heavy atom. The van der Waals surface area contributed by atoms with Gasteiger partial charge < -0.3 is 4.90 Å². The second-order valence-corrected chi connectivity index (χ2v) is 11.3. The molecule has 0 bridgehead atoms. The lowest BCUT2D eigenvalue weighted by Gasteiger charge is -2.40. The molecular weight excluding hydrogens is 404 g/mol. The van der Waals surface area contributed by atoms with E-state index in [1.54, 1.807) is 4.31 Å². The van der Waals surface area contributed by atoms with Gasteiger partial charge in [-0.2, -0.15) is 8.68 Å². The van der Waals surface area contributed by atoms with Crippen LogP contribution in [0.5, 0.6) is 0 Å². The number of sulfonamides is 1. The molecule has 4 rings (SSSR count). The lowest BCUT2D eigenvalue weighted by molar-refractivity contribution is 0.331. The number of hydrogen-bond donors (Lipinski definition) is 0. The van der Waals surface area contributed by atoms with Gasteiger partial charge in [0.05, 0.1) is 5.25 Å². The van der Waals surface area contributed by atoms with Gasteiger partial charge in [0, 0.05) is 43.6 Å². The lowest BCUT2D eigenvalue weighted by Crippen LogP contribution is -2.55. The molecule has 0 spiro atoms. The summed E-state index contributed by atoms with van der Waals surface area (Å²) >= 11 is 1.42. The number of benzene rings is 1. The van der Waals surface area contributed by atoms with E-state index in [4.69, 9.17) is 4.98 Å². The smallest absolute Gasteiger partial charge is 0.217 e. The number of rotatable bonds is 5. The van der Waals surface area contributed by atoms with Crippen LogP contribution in [0.2, 0.25) is 0 Å². The zero-order valence-corrected chi connectivity index (χ0v) is 18.9. The standard InChI is InChI=1S/C21H30N4O2S2/c1-16-8-10-18(11-9-16)14-20-22-21(28-23-20)25-13-12-24(15-17(25)2)29(26,27)19-6-4-3-5-7-19/h8-11,17,19H,3-7,12-15H2,1-2H3. The summed E-state index contributed by atoms with van der Waals surface area (Å²) in [6, 6.07) is 8.55. The van der Waals surface area contributed by atoms with Gasteiger partial charge in [-0.25, -0.2) is 13.4 Å². The molecule has 1 aromatic carbocycles. The molecule has 1 saturated heterocycles. The molecule has 1 aliphatic carbocycles. The normalized spacial score (nSPS) is 22.1. The van der Waals surface area contributed by atoms with Crippen LogP contribution >= 0.6 is 11.5 Å². The van der Waals surface area contributed by atoms with Crippen molar-refractivity contribution in [2.24, 2.45) is 0 Å². The summed E-state index contributed by atoms with van der Waals surface area (Å²) in [7, 11) is -3.19. The minimum Gasteiger partial charge on any atom is -0.342 e. The largest absolute Gasteiger partial charge is 0.342 e. The van der Waals surface area contributed by atoms with Crippen molar-refractivity contribution in [1.29, 1.82) is 0 Å². The number of aromatic nitrogens is 2. The topological polar surface area (TPSA) is 66.4 Å². The molecular formula is C21H30N4O2S2. The van der Waals surface area contributed by atoms with E-state index in [1.807, 2.05) is 0 Å². The molecule has 2 heterocycles. The van der Waals surface area contributed by atoms with Crippen molar-refractivity contribution in [3.8, 4) is 0 Å². The SMILES string of the molecule is Cc1ccc(Cc2nsc(N3CCN(S(=O)(=O)C4CCCCC4)CC3C)n2)cc1. The van der Waals surface area contributed by atoms with Gasteiger partial charge >= 0.3 is 0 Å². The van der Waals surface area contributed by atoms with E-state index in [1.165, 1.54) is 22.7 Å². The fourth-order valence-electron chi connectivity index (χ4n) is 4.34. The summed E-state index contributed by atoms with van der Waals surface area (Å²) in [5.74, 6) is 0.832. The number of nitrogens with zero attached hydrogens (tertiary/aromatic N) is 4. The Morgan fingerprint density at radius 2 is 1.83 bits per heavy atom. The highest BCUT2D eigenvalue weighted by molar-refractivity contribution is 7.89. The monoisotopic (exact) mass is 434 g/mol. The van der Waals surface area contributed by atoms with Crippen LogP contribution in [0, 0.1) is 6.92 Å². The summed E-state index contributed by atoms with van der Waals surface area (Å²) in [5, 5.41) is 0.715. The Morgan fingerprint density at radius 1 is 1.10 bits per heavy atom. The van der Waals surface area contributed by atoms with E-state index in [9.17, 15) is 8.42 Å². The first-order valence-electron chi connectivity index (χ1n) is 10.6. The highest BCUT2D eigenvalue weighted by Crippen LogP contribution is 2.29. The van der Waals surface area contributed by atoms with Crippen molar-refractivity contribution in [2.75, 3.05) is 24.5 Å². The Hall–Kier alpha value is -1.51. The molecule has 1 aromatic heterocycles. The second kappa shape index (κ2) is 8.70. The third-order valence-electron chi connectivity index (χ3n) is 6.11. The van der Waals surface area contributed by atoms with Crippen molar-refractivity contribution in [1.82, 2.24) is 13.7 Å². The zero-order valence-electron chi connectivity index (χ0n) is 17.2. The van der Waals surface area contributed by atoms with Crippen molar-refractivity contribution >= 4 is 26.7 Å². The van der Waals surface area contributed by atoms with E-state index in [-0.39, 0.29) is 11.3 Å². The van der Waals surface area contributed by atoms with E-state index >= 15 is 0 Å². The lowest BCUT2D eigenvalue weighted by atomic mass is 10.0. The molecule has 0 radical (unpaired) electrons. The average molecular weight is 435 g/mol. The van der Waals surface area contributed by atoms with Crippen LogP contribution in [-0.4, -0.2) is 53.0 Å². The van der Waals surface area contributed by atoms with E-state index < -0.39 is 10.0 Å². The zero-order chi connectivity index (χ0) is 20.4. The predicted molar refractivity (Wildman–Crippen MR) is 118 cm³/mol. The summed E-state index contributed by atoms with van der Waals surface area (Å²) in [6.07, 6.45) is 5.59. The maximum Gasteiger partial charge on any atom is 0.217 e. The van der Waals surface area contributed by atoms with Gasteiger partial charge in [0.25, 0.3) is 0 Å². The Balaban J connectivity index is 1.40. The third-order valence-corrected chi connectivity index (χ3v) is 9.27. The van der Waals surface area contributed by atoms with Gasteiger partial charge in [0.2, 0.25) is 15.2 Å². The number of hydrogen-bond acceptors (Lipinski definition) is 6. The fourth-order valence-corrected chi connectivity index (χ4v) is 7.26. The van der Waals surface area contributed by atoms with Gasteiger partial charge in [-0.05, 0) is 32.3 Å². The highest BCUT2D eigenvalue weighted by Gasteiger charge is 2.37. The first-order valence-corrected chi connectivity index (χ1v) is 12.8. The summed E-state index contributed by atoms with van der Waals surface area (Å²) < 4.78 is 32.3. The third kappa shape index (κ3) is 4.64. The molecule has 1 aliphatic heterocycles. The van der Waals surface area contributed by atoms with Crippen LogP contribution in [-0.2, 0) is 16.4 Å². The molecule has 1 atom stereocenters. The minimum absolute atomic E-state index is 0.0993. The van der Waals surface area contributed by atoms with Crippen LogP contribution in [0.25, 0.3) is 0 Å². The van der Waals surface area contributed by atoms with Gasteiger partial charge in [0.1, 0.15) is 5.82 Å². The van der Waals surface area contributed by atoms with Crippen molar-refractivity contribution in [3.63, 3.8) is 0 Å². The predicted octanol–water partition coefficient (Wildman–Crippen LogP) is 3.61. The molecule has 0 N–H and O–H groups in total. The number of aryl methyl sites for hydroxylation is 1. The first kappa shape index (κ1) is 20.8. The van der Waals surface area contributed by atoms with Crippen molar-refractivity contribution < 1.29 is 8.42 Å². The van der Waals surface area contributed by atoms with Gasteiger partial charge in [-0.1, -0.05) is 49.1 Å². The second-order valence-electron chi connectivity index (χ2n) is 8.36. The van der Waals surface area contributed by atoms with Gasteiger partial charge in [-0.15, -0.1) is 0 Å². The molecule has 6 nitrogen and oxygen atoms in total. The maximum atomic E-state index is 13.0. The molecule has 0 amide bonds. The van der Waals surface area contributed by atoms with Crippen LogP contribution in [0.1, 0.15) is 56.0 Å². The Kier molecular flexibility index (Phi) is 6.22. The molecule has 1 unspecified atom stereocenters. The Bertz CT molecular complexity index is 920. The van der Waals surface area contributed by atoms with Gasteiger partial charge in [0.15, 0.2) is 0 Å². The first-order chi connectivity index (χ1) is 13.9. The van der Waals surface area contributed by atoms with Crippen molar-refractivity contribution in [3.05, 3.63) is 41.2 Å². The van der Waals surface area contributed by atoms with Crippen molar-refractivity contribution in [2.45, 2.75) is 63.7 Å². The van der Waals surface area contributed by atoms with Gasteiger partial charge in [-0.3, -0.25) is 0 Å². The van der Waals surface area contributed by atoms with E-state index in [2.05, 4.69) is 47.4 Å². The molecule has 29 heavy (non-hydrogen) atoms. The molecule has 158 valence electrons.